The Labute approximate surface area is 121 Å². The number of alkyl halides is 1. The second-order valence-electron chi connectivity index (χ2n) is 3.42. The van der Waals surface area contributed by atoms with Crippen molar-refractivity contribution in [2.45, 2.75) is 11.2 Å². The topological polar surface area (TPSA) is 0 Å². The normalized spacial score (nSPS) is 12.7. The van der Waals surface area contributed by atoms with Gasteiger partial charge in [-0.25, -0.2) is 0 Å². The van der Waals surface area contributed by atoms with E-state index in [4.69, 9.17) is 11.6 Å². The van der Waals surface area contributed by atoms with E-state index < -0.39 is 0 Å². The van der Waals surface area contributed by atoms with Gasteiger partial charge in [-0.15, -0.1) is 11.3 Å². The molecule has 0 aliphatic carbocycles. The molecule has 2 rings (SSSR count). The van der Waals surface area contributed by atoms with Crippen LogP contribution in [-0.2, 0) is 6.42 Å². The van der Waals surface area contributed by atoms with Gasteiger partial charge in [0.05, 0.1) is 5.02 Å². The summed E-state index contributed by atoms with van der Waals surface area (Å²) >= 11 is 14.9. The van der Waals surface area contributed by atoms with Crippen molar-refractivity contribution in [2.75, 3.05) is 0 Å². The van der Waals surface area contributed by atoms with Gasteiger partial charge in [0.15, 0.2) is 0 Å². The number of benzene rings is 1. The highest BCUT2D eigenvalue weighted by Gasteiger charge is 2.10. The van der Waals surface area contributed by atoms with E-state index in [1.54, 1.807) is 11.3 Å². The van der Waals surface area contributed by atoms with Crippen LogP contribution in [0.2, 0.25) is 5.02 Å². The van der Waals surface area contributed by atoms with E-state index >= 15 is 0 Å². The molecule has 1 unspecified atom stereocenters. The van der Waals surface area contributed by atoms with Gasteiger partial charge in [0.2, 0.25) is 0 Å². The predicted molar refractivity (Wildman–Crippen MR) is 78.8 cm³/mol. The Morgan fingerprint density at radius 2 is 2.12 bits per heavy atom. The molecule has 0 saturated carbocycles. The maximum Gasteiger partial charge on any atom is 0.0551 e. The Balaban J connectivity index is 2.14. The van der Waals surface area contributed by atoms with Gasteiger partial charge < -0.3 is 0 Å². The van der Waals surface area contributed by atoms with Crippen LogP contribution in [-0.4, -0.2) is 0 Å². The maximum absolute atomic E-state index is 6.07. The molecule has 16 heavy (non-hydrogen) atoms. The second-order valence-corrected chi connectivity index (χ2v) is 6.82. The van der Waals surface area contributed by atoms with Gasteiger partial charge in [-0.2, -0.15) is 0 Å². The molecule has 0 N–H and O–H groups in total. The van der Waals surface area contributed by atoms with Gasteiger partial charge in [-0.05, 0) is 51.5 Å². The third kappa shape index (κ3) is 3.10. The van der Waals surface area contributed by atoms with Crippen LogP contribution >= 0.6 is 54.8 Å². The summed E-state index contributed by atoms with van der Waals surface area (Å²) < 4.78 is 0.939. The Morgan fingerprint density at radius 1 is 1.31 bits per heavy atom. The van der Waals surface area contributed by atoms with Gasteiger partial charge in [-0.1, -0.05) is 39.7 Å². The van der Waals surface area contributed by atoms with Crippen molar-refractivity contribution in [2.24, 2.45) is 0 Å². The molecule has 0 fully saturated rings. The summed E-state index contributed by atoms with van der Waals surface area (Å²) in [6, 6.07) is 10.3. The molecule has 0 saturated heterocycles. The summed E-state index contributed by atoms with van der Waals surface area (Å²) in [5.74, 6) is 0. The van der Waals surface area contributed by atoms with Crippen LogP contribution in [0.1, 0.15) is 15.3 Å². The molecule has 0 amide bonds. The molecule has 0 aliphatic heterocycles. The van der Waals surface area contributed by atoms with Crippen molar-refractivity contribution in [3.05, 3.63) is 55.6 Å². The molecule has 0 bridgehead atoms. The van der Waals surface area contributed by atoms with E-state index in [0.29, 0.717) is 4.83 Å². The SMILES string of the molecule is Clc1cc(C(Br)Cc2cccs2)ccc1Br. The van der Waals surface area contributed by atoms with E-state index in [1.807, 2.05) is 12.1 Å². The number of hydrogen-bond acceptors (Lipinski definition) is 1. The highest BCUT2D eigenvalue weighted by Crippen LogP contribution is 2.32. The molecular weight excluding hydrogens is 371 g/mol. The first-order valence-corrected chi connectivity index (χ1v) is 7.75. The van der Waals surface area contributed by atoms with Gasteiger partial charge in [0, 0.05) is 14.2 Å². The van der Waals surface area contributed by atoms with Crippen LogP contribution < -0.4 is 0 Å². The van der Waals surface area contributed by atoms with Crippen LogP contribution in [0, 0.1) is 0 Å². The molecule has 84 valence electrons. The molecule has 1 atom stereocenters. The van der Waals surface area contributed by atoms with E-state index in [-0.39, 0.29) is 0 Å². The van der Waals surface area contributed by atoms with Crippen molar-refractivity contribution in [3.8, 4) is 0 Å². The minimum Gasteiger partial charge on any atom is -0.149 e. The summed E-state index contributed by atoms with van der Waals surface area (Å²) in [4.78, 5) is 1.69. The highest BCUT2D eigenvalue weighted by molar-refractivity contribution is 9.10. The molecule has 1 aromatic carbocycles. The minimum absolute atomic E-state index is 0.316. The van der Waals surface area contributed by atoms with E-state index in [9.17, 15) is 0 Å². The third-order valence-electron chi connectivity index (χ3n) is 2.27. The van der Waals surface area contributed by atoms with Gasteiger partial charge in [0.25, 0.3) is 0 Å². The zero-order chi connectivity index (χ0) is 11.5. The summed E-state index contributed by atoms with van der Waals surface area (Å²) in [5.41, 5.74) is 1.21. The van der Waals surface area contributed by atoms with Crippen LogP contribution in [0.15, 0.2) is 40.2 Å². The van der Waals surface area contributed by atoms with Crippen LogP contribution in [0.5, 0.6) is 0 Å². The van der Waals surface area contributed by atoms with Crippen LogP contribution in [0.4, 0.5) is 0 Å². The lowest BCUT2D eigenvalue weighted by Crippen LogP contribution is -1.93. The zero-order valence-electron chi connectivity index (χ0n) is 8.29. The zero-order valence-corrected chi connectivity index (χ0v) is 13.0. The van der Waals surface area contributed by atoms with E-state index in [2.05, 4.69) is 55.4 Å². The van der Waals surface area contributed by atoms with Gasteiger partial charge in [0.1, 0.15) is 0 Å². The van der Waals surface area contributed by atoms with Crippen molar-refractivity contribution in [3.63, 3.8) is 0 Å². The van der Waals surface area contributed by atoms with E-state index in [1.165, 1.54) is 10.4 Å². The average molecular weight is 381 g/mol. The fraction of sp³-hybridized carbons (Fsp3) is 0.167. The lowest BCUT2D eigenvalue weighted by molar-refractivity contribution is 0.968. The molecule has 1 aromatic heterocycles. The Bertz CT molecular complexity index is 468. The molecule has 1 heterocycles. The molecule has 2 aromatic rings. The molecule has 4 heteroatoms. The Morgan fingerprint density at radius 3 is 2.75 bits per heavy atom. The maximum atomic E-state index is 6.07. The van der Waals surface area contributed by atoms with Crippen molar-refractivity contribution >= 4 is 54.8 Å². The predicted octanol–water partition coefficient (Wildman–Crippen LogP) is 5.84. The quantitative estimate of drug-likeness (QED) is 0.587. The molecule has 0 aliphatic rings. The van der Waals surface area contributed by atoms with Gasteiger partial charge >= 0.3 is 0 Å². The fourth-order valence-corrected chi connectivity index (χ4v) is 3.47. The summed E-state index contributed by atoms with van der Waals surface area (Å²) in [7, 11) is 0. The Kier molecular flexibility index (Phi) is 4.48. The third-order valence-corrected chi connectivity index (χ3v) is 5.25. The number of halogens is 3. The summed E-state index contributed by atoms with van der Waals surface area (Å²) in [6.07, 6.45) is 0.996. The summed E-state index contributed by atoms with van der Waals surface area (Å²) in [5, 5.41) is 2.86. The first-order valence-electron chi connectivity index (χ1n) is 4.78. The van der Waals surface area contributed by atoms with Crippen molar-refractivity contribution < 1.29 is 0 Å². The first kappa shape index (κ1) is 12.6. The summed E-state index contributed by atoms with van der Waals surface area (Å²) in [6.45, 7) is 0. The standard InChI is InChI=1S/C12H9Br2ClS/c13-10-4-3-8(6-12(10)15)11(14)7-9-2-1-5-16-9/h1-6,11H,7H2. The average Bonchev–Trinajstić information content (AvgIpc) is 2.74. The van der Waals surface area contributed by atoms with Crippen molar-refractivity contribution in [1.82, 2.24) is 0 Å². The lowest BCUT2D eigenvalue weighted by atomic mass is 10.1. The van der Waals surface area contributed by atoms with E-state index in [0.717, 1.165) is 15.9 Å². The number of thiophene rings is 1. The number of rotatable bonds is 3. The minimum atomic E-state index is 0.316. The fourth-order valence-electron chi connectivity index (χ4n) is 1.43. The highest BCUT2D eigenvalue weighted by atomic mass is 79.9. The lowest BCUT2D eigenvalue weighted by Gasteiger charge is -2.09. The molecule has 0 nitrogen and oxygen atoms in total. The van der Waals surface area contributed by atoms with Crippen LogP contribution in [0.25, 0.3) is 0 Å². The van der Waals surface area contributed by atoms with Crippen molar-refractivity contribution in [1.29, 1.82) is 0 Å². The smallest absolute Gasteiger partial charge is 0.0551 e. The first-order chi connectivity index (χ1) is 7.66. The monoisotopic (exact) mass is 378 g/mol. The molecule has 0 radical (unpaired) electrons. The second kappa shape index (κ2) is 5.67. The largest absolute Gasteiger partial charge is 0.149 e. The molecule has 0 spiro atoms. The van der Waals surface area contributed by atoms with Gasteiger partial charge in [-0.3, -0.25) is 0 Å². The van der Waals surface area contributed by atoms with Crippen LogP contribution in [0.3, 0.4) is 0 Å². The number of hydrogen-bond donors (Lipinski definition) is 0. The Hall–Kier alpha value is 0.170. The molecular formula is C12H9Br2ClS.